The van der Waals surface area contributed by atoms with Gasteiger partial charge in [0.05, 0.1) is 5.69 Å². The van der Waals surface area contributed by atoms with Crippen LogP contribution < -0.4 is 0 Å². The maximum absolute atomic E-state index is 10.9. The molecule has 0 radical (unpaired) electrons. The lowest BCUT2D eigenvalue weighted by molar-refractivity contribution is 0.0682. The minimum Gasteiger partial charge on any atom is -0.477 e. The zero-order valence-electron chi connectivity index (χ0n) is 7.28. The van der Waals surface area contributed by atoms with Gasteiger partial charge in [-0.25, -0.2) is 4.79 Å². The van der Waals surface area contributed by atoms with Crippen molar-refractivity contribution < 1.29 is 9.90 Å². The average Bonchev–Trinajstić information content (AvgIpc) is 2.59. The lowest BCUT2D eigenvalue weighted by Crippen LogP contribution is -2.10. The molecule has 1 aliphatic heterocycles. The van der Waals surface area contributed by atoms with Gasteiger partial charge in [0.1, 0.15) is 0 Å². The number of carboxylic acid groups (broad SMARTS) is 1. The molecule has 2 heterocycles. The standard InChI is InChI=1S/C8H10N2O2S/c1-2-10-7(8(11)12)5-3-13-4-6(5)9-10/h2-4H2,1H3,(H,11,12). The topological polar surface area (TPSA) is 55.1 Å². The summed E-state index contributed by atoms with van der Waals surface area (Å²) in [5, 5.41) is 13.2. The average molecular weight is 198 g/mol. The predicted octanol–water partition coefficient (Wildman–Crippen LogP) is 1.35. The Bertz CT molecular complexity index is 359. The summed E-state index contributed by atoms with van der Waals surface area (Å²) in [6, 6.07) is 0. The fraction of sp³-hybridized carbons (Fsp3) is 0.500. The van der Waals surface area contributed by atoms with E-state index in [2.05, 4.69) is 5.10 Å². The van der Waals surface area contributed by atoms with E-state index in [1.54, 1.807) is 16.4 Å². The van der Waals surface area contributed by atoms with Gasteiger partial charge in [-0.2, -0.15) is 16.9 Å². The SMILES string of the molecule is CCn1nc2c(c1C(=O)O)CSC2. The van der Waals surface area contributed by atoms with E-state index in [0.29, 0.717) is 12.2 Å². The zero-order valence-corrected chi connectivity index (χ0v) is 8.10. The van der Waals surface area contributed by atoms with Crippen LogP contribution in [0.25, 0.3) is 0 Å². The fourth-order valence-corrected chi connectivity index (χ4v) is 2.57. The highest BCUT2D eigenvalue weighted by Gasteiger charge is 2.25. The number of fused-ring (bicyclic) bond motifs is 1. The number of aromatic carboxylic acids is 1. The summed E-state index contributed by atoms with van der Waals surface area (Å²) in [5.41, 5.74) is 2.24. The number of rotatable bonds is 2. The first-order valence-corrected chi connectivity index (χ1v) is 5.29. The van der Waals surface area contributed by atoms with Crippen molar-refractivity contribution >= 4 is 17.7 Å². The van der Waals surface area contributed by atoms with E-state index < -0.39 is 5.97 Å². The van der Waals surface area contributed by atoms with Crippen LogP contribution in [0.4, 0.5) is 0 Å². The van der Waals surface area contributed by atoms with Crippen molar-refractivity contribution in [3.63, 3.8) is 0 Å². The molecule has 0 aromatic carbocycles. The summed E-state index contributed by atoms with van der Waals surface area (Å²) in [5.74, 6) is 0.776. The molecule has 1 aromatic heterocycles. The van der Waals surface area contributed by atoms with Crippen LogP contribution in [0, 0.1) is 0 Å². The Kier molecular flexibility index (Phi) is 2.03. The Hall–Kier alpha value is -0.970. The fourth-order valence-electron chi connectivity index (χ4n) is 1.53. The van der Waals surface area contributed by atoms with Crippen LogP contribution >= 0.6 is 11.8 Å². The molecule has 5 heteroatoms. The molecule has 0 saturated carbocycles. The van der Waals surface area contributed by atoms with Gasteiger partial charge in [-0.1, -0.05) is 0 Å². The van der Waals surface area contributed by atoms with E-state index in [1.807, 2.05) is 6.92 Å². The second-order valence-electron chi connectivity index (χ2n) is 2.89. The molecular formula is C8H10N2O2S. The molecule has 1 N–H and O–H groups in total. The van der Waals surface area contributed by atoms with E-state index >= 15 is 0 Å². The normalized spacial score (nSPS) is 14.5. The maximum atomic E-state index is 10.9. The minimum atomic E-state index is -0.863. The highest BCUT2D eigenvalue weighted by atomic mass is 32.2. The number of carbonyl (C=O) groups is 1. The van der Waals surface area contributed by atoms with Gasteiger partial charge >= 0.3 is 5.97 Å². The number of thioether (sulfide) groups is 1. The van der Waals surface area contributed by atoms with Crippen LogP contribution in [-0.2, 0) is 18.1 Å². The third-order valence-corrected chi connectivity index (χ3v) is 3.09. The van der Waals surface area contributed by atoms with Gasteiger partial charge in [0.25, 0.3) is 0 Å². The molecule has 0 fully saturated rings. The molecule has 0 bridgehead atoms. The molecule has 0 spiro atoms. The predicted molar refractivity (Wildman–Crippen MR) is 49.9 cm³/mol. The summed E-state index contributed by atoms with van der Waals surface area (Å²) >= 11 is 1.72. The molecule has 0 aliphatic carbocycles. The van der Waals surface area contributed by atoms with Crippen LogP contribution in [0.3, 0.4) is 0 Å². The molecule has 1 aromatic rings. The molecule has 2 rings (SSSR count). The molecule has 1 aliphatic rings. The highest BCUT2D eigenvalue weighted by molar-refractivity contribution is 7.98. The number of hydrogen-bond acceptors (Lipinski definition) is 3. The van der Waals surface area contributed by atoms with Crippen molar-refractivity contribution in [3.8, 4) is 0 Å². The molecule has 0 atom stereocenters. The lowest BCUT2D eigenvalue weighted by Gasteiger charge is -2.00. The summed E-state index contributed by atoms with van der Waals surface area (Å²) in [4.78, 5) is 10.9. The van der Waals surface area contributed by atoms with Gasteiger partial charge in [0.2, 0.25) is 0 Å². The minimum absolute atomic E-state index is 0.377. The van der Waals surface area contributed by atoms with Crippen molar-refractivity contribution in [1.82, 2.24) is 9.78 Å². The number of carboxylic acids is 1. The van der Waals surface area contributed by atoms with Gasteiger partial charge in [0, 0.05) is 23.6 Å². The van der Waals surface area contributed by atoms with Crippen LogP contribution in [0.5, 0.6) is 0 Å². The van der Waals surface area contributed by atoms with Gasteiger partial charge in [-0.3, -0.25) is 4.68 Å². The molecule has 0 unspecified atom stereocenters. The Labute approximate surface area is 79.9 Å². The maximum Gasteiger partial charge on any atom is 0.354 e. The van der Waals surface area contributed by atoms with Crippen LogP contribution in [0.15, 0.2) is 0 Å². The first kappa shape index (κ1) is 8.62. The summed E-state index contributed by atoms with van der Waals surface area (Å²) in [6.07, 6.45) is 0. The summed E-state index contributed by atoms with van der Waals surface area (Å²) in [6.45, 7) is 2.53. The summed E-state index contributed by atoms with van der Waals surface area (Å²) < 4.78 is 1.58. The van der Waals surface area contributed by atoms with E-state index in [4.69, 9.17) is 5.11 Å². The molecule has 13 heavy (non-hydrogen) atoms. The van der Waals surface area contributed by atoms with Crippen LogP contribution in [0.2, 0.25) is 0 Å². The second-order valence-corrected chi connectivity index (χ2v) is 3.87. The zero-order chi connectivity index (χ0) is 9.42. The van der Waals surface area contributed by atoms with Crippen LogP contribution in [0.1, 0.15) is 28.7 Å². The molecule has 4 nitrogen and oxygen atoms in total. The first-order chi connectivity index (χ1) is 6.24. The van der Waals surface area contributed by atoms with Gasteiger partial charge in [-0.15, -0.1) is 0 Å². The summed E-state index contributed by atoms with van der Waals surface area (Å²) in [7, 11) is 0. The van der Waals surface area contributed by atoms with E-state index in [9.17, 15) is 4.79 Å². The second kappa shape index (κ2) is 3.06. The van der Waals surface area contributed by atoms with Gasteiger partial charge < -0.3 is 5.11 Å². The molecule has 70 valence electrons. The quantitative estimate of drug-likeness (QED) is 0.779. The first-order valence-electron chi connectivity index (χ1n) is 4.13. The Morgan fingerprint density at radius 1 is 1.69 bits per heavy atom. The number of aryl methyl sites for hydroxylation is 1. The van der Waals surface area contributed by atoms with E-state index in [1.165, 1.54) is 0 Å². The van der Waals surface area contributed by atoms with Crippen LogP contribution in [-0.4, -0.2) is 20.9 Å². The third kappa shape index (κ3) is 1.23. The van der Waals surface area contributed by atoms with Crippen molar-refractivity contribution in [1.29, 1.82) is 0 Å². The number of aromatic nitrogens is 2. The Morgan fingerprint density at radius 3 is 3.08 bits per heavy atom. The number of hydrogen-bond donors (Lipinski definition) is 1. The van der Waals surface area contributed by atoms with E-state index in [0.717, 1.165) is 22.8 Å². The van der Waals surface area contributed by atoms with E-state index in [-0.39, 0.29) is 0 Å². The highest BCUT2D eigenvalue weighted by Crippen LogP contribution is 2.31. The van der Waals surface area contributed by atoms with Crippen molar-refractivity contribution in [2.24, 2.45) is 0 Å². The molecule has 0 saturated heterocycles. The largest absolute Gasteiger partial charge is 0.477 e. The Morgan fingerprint density at radius 2 is 2.46 bits per heavy atom. The van der Waals surface area contributed by atoms with Crippen molar-refractivity contribution in [2.75, 3.05) is 0 Å². The van der Waals surface area contributed by atoms with Crippen molar-refractivity contribution in [3.05, 3.63) is 17.0 Å². The smallest absolute Gasteiger partial charge is 0.354 e. The molecular weight excluding hydrogens is 188 g/mol. The van der Waals surface area contributed by atoms with Gasteiger partial charge in [0.15, 0.2) is 5.69 Å². The monoisotopic (exact) mass is 198 g/mol. The Balaban J connectivity index is 2.55. The molecule has 0 amide bonds. The third-order valence-electron chi connectivity index (χ3n) is 2.12. The van der Waals surface area contributed by atoms with Crippen molar-refractivity contribution in [2.45, 2.75) is 25.0 Å². The lowest BCUT2D eigenvalue weighted by atomic mass is 10.2. The van der Waals surface area contributed by atoms with Gasteiger partial charge in [-0.05, 0) is 6.92 Å². The number of nitrogens with zero attached hydrogens (tertiary/aromatic N) is 2.